The molecule has 2 aliphatic heterocycles. The first-order valence-corrected chi connectivity index (χ1v) is 12.0. The van der Waals surface area contributed by atoms with Crippen molar-refractivity contribution in [3.63, 3.8) is 0 Å². The number of amides is 2. The highest BCUT2D eigenvalue weighted by Crippen LogP contribution is 2.36. The molecule has 8 nitrogen and oxygen atoms in total. The summed E-state index contributed by atoms with van der Waals surface area (Å²) in [5.74, 6) is -0.149. The highest BCUT2D eigenvalue weighted by atomic mass is 16.2. The Balaban J connectivity index is 1.33. The summed E-state index contributed by atoms with van der Waals surface area (Å²) in [6, 6.07) is 19.4. The first-order valence-electron chi connectivity index (χ1n) is 12.0. The Morgan fingerprint density at radius 2 is 1.64 bits per heavy atom. The van der Waals surface area contributed by atoms with Crippen LogP contribution >= 0.6 is 0 Å². The molecule has 182 valence electrons. The summed E-state index contributed by atoms with van der Waals surface area (Å²) in [6.07, 6.45) is 0.930. The summed E-state index contributed by atoms with van der Waals surface area (Å²) >= 11 is 0. The second-order valence-corrected chi connectivity index (χ2v) is 9.68. The van der Waals surface area contributed by atoms with Crippen molar-refractivity contribution in [3.8, 4) is 6.07 Å². The second kappa shape index (κ2) is 9.34. The van der Waals surface area contributed by atoms with Gasteiger partial charge in [0, 0.05) is 62.2 Å². The van der Waals surface area contributed by atoms with Crippen molar-refractivity contribution in [2.45, 2.75) is 18.9 Å². The number of anilines is 2. The lowest BCUT2D eigenvalue weighted by Gasteiger charge is -2.43. The van der Waals surface area contributed by atoms with Crippen molar-refractivity contribution in [2.75, 3.05) is 37.4 Å². The minimum Gasteiger partial charge on any atom is -0.378 e. The van der Waals surface area contributed by atoms with E-state index >= 15 is 0 Å². The fourth-order valence-electron chi connectivity index (χ4n) is 5.18. The van der Waals surface area contributed by atoms with E-state index in [1.807, 2.05) is 60.3 Å². The van der Waals surface area contributed by atoms with E-state index in [-0.39, 0.29) is 29.0 Å². The van der Waals surface area contributed by atoms with Gasteiger partial charge in [-0.3, -0.25) is 14.4 Å². The van der Waals surface area contributed by atoms with Crippen LogP contribution in [0.3, 0.4) is 0 Å². The monoisotopic (exact) mass is 481 g/mol. The maximum Gasteiger partial charge on any atom is 0.274 e. The van der Waals surface area contributed by atoms with Gasteiger partial charge < -0.3 is 19.7 Å². The van der Waals surface area contributed by atoms with Crippen molar-refractivity contribution in [1.82, 2.24) is 9.47 Å². The molecule has 0 saturated carbocycles. The number of carbonyl (C=O) groups is 2. The third-order valence-electron chi connectivity index (χ3n) is 7.05. The summed E-state index contributed by atoms with van der Waals surface area (Å²) in [5, 5.41) is 11.7. The van der Waals surface area contributed by atoms with Gasteiger partial charge in [-0.15, -0.1) is 0 Å². The number of aromatic nitrogens is 1. The molecule has 1 saturated heterocycles. The maximum atomic E-state index is 13.3. The molecule has 1 fully saturated rings. The van der Waals surface area contributed by atoms with Crippen molar-refractivity contribution < 1.29 is 9.59 Å². The first kappa shape index (κ1) is 23.4. The number of likely N-dealkylation sites (tertiary alicyclic amines) is 1. The van der Waals surface area contributed by atoms with Crippen LogP contribution < -0.4 is 15.8 Å². The summed E-state index contributed by atoms with van der Waals surface area (Å²) < 4.78 is 1.75. The molecule has 3 heterocycles. The highest BCUT2D eigenvalue weighted by molar-refractivity contribution is 6.04. The van der Waals surface area contributed by atoms with E-state index in [1.165, 1.54) is 0 Å². The lowest BCUT2D eigenvalue weighted by Crippen LogP contribution is -2.49. The van der Waals surface area contributed by atoms with E-state index in [0.29, 0.717) is 36.3 Å². The zero-order chi connectivity index (χ0) is 25.4. The van der Waals surface area contributed by atoms with Crippen LogP contribution in [0.15, 0.2) is 65.5 Å². The number of hydrogen-bond donors (Lipinski definition) is 1. The van der Waals surface area contributed by atoms with Gasteiger partial charge in [0.2, 0.25) is 0 Å². The Labute approximate surface area is 209 Å². The van der Waals surface area contributed by atoms with Crippen LogP contribution in [0.1, 0.15) is 44.3 Å². The molecular formula is C28H27N5O3. The van der Waals surface area contributed by atoms with Gasteiger partial charge >= 0.3 is 0 Å². The minimum atomic E-state index is -0.398. The molecule has 36 heavy (non-hydrogen) atoms. The summed E-state index contributed by atoms with van der Waals surface area (Å²) in [6.45, 7) is 1.66. The first-order chi connectivity index (χ1) is 17.3. The molecular weight excluding hydrogens is 454 g/mol. The van der Waals surface area contributed by atoms with Crippen molar-refractivity contribution in [1.29, 1.82) is 5.26 Å². The largest absolute Gasteiger partial charge is 0.378 e. The number of piperidine rings is 1. The number of nitrogens with zero attached hydrogens (tertiary/aromatic N) is 4. The fraction of sp³-hybridized carbons (Fsp3) is 0.286. The van der Waals surface area contributed by atoms with Gasteiger partial charge in [-0.05, 0) is 73.0 Å². The van der Waals surface area contributed by atoms with Crippen LogP contribution in [0.4, 0.5) is 11.4 Å². The molecule has 0 radical (unpaired) electrons. The molecule has 3 aromatic rings. The van der Waals surface area contributed by atoms with Crippen LogP contribution in [0, 0.1) is 17.2 Å². The zero-order valence-corrected chi connectivity index (χ0v) is 20.3. The lowest BCUT2D eigenvalue weighted by atomic mass is 9.83. The SMILES string of the molecule is CN(C)c1ccc(C(=O)N2C[C@@H]3C[C@H](C2)c2ccc(NC(=O)c4ccc(C#N)cc4)c(=O)n2C3)cc1. The Morgan fingerprint density at radius 3 is 2.31 bits per heavy atom. The van der Waals surface area contributed by atoms with E-state index in [0.717, 1.165) is 17.8 Å². The Hall–Kier alpha value is -4.38. The molecule has 0 spiro atoms. The molecule has 1 aromatic heterocycles. The standard InChI is InChI=1S/C28H27N5O3/c1-31(2)23-9-7-21(8-10-23)27(35)32-15-19-13-22(17-32)25-12-11-24(28(36)33(25)16-19)30-26(34)20-5-3-18(14-29)4-6-20/h3-12,19,22H,13,15-17H2,1-2H3,(H,30,34)/t19-,22+/m0/s1. The molecule has 2 bridgehead atoms. The second-order valence-electron chi connectivity index (χ2n) is 9.68. The van der Waals surface area contributed by atoms with Crippen LogP contribution in [0.25, 0.3) is 0 Å². The summed E-state index contributed by atoms with van der Waals surface area (Å²) in [4.78, 5) is 43.0. The minimum absolute atomic E-state index is 0.0112. The van der Waals surface area contributed by atoms with Gasteiger partial charge in [-0.25, -0.2) is 0 Å². The zero-order valence-electron chi connectivity index (χ0n) is 20.3. The molecule has 0 aliphatic carbocycles. The van der Waals surface area contributed by atoms with Crippen LogP contribution in [0.2, 0.25) is 0 Å². The molecule has 1 N–H and O–H groups in total. The number of nitriles is 1. The smallest absolute Gasteiger partial charge is 0.274 e. The fourth-order valence-corrected chi connectivity index (χ4v) is 5.18. The van der Waals surface area contributed by atoms with E-state index in [1.54, 1.807) is 34.9 Å². The summed E-state index contributed by atoms with van der Waals surface area (Å²) in [7, 11) is 3.93. The van der Waals surface area contributed by atoms with Gasteiger partial charge in [0.15, 0.2) is 0 Å². The molecule has 8 heteroatoms. The Kier molecular flexibility index (Phi) is 6.06. The van der Waals surface area contributed by atoms with Crippen LogP contribution in [-0.4, -0.2) is 48.5 Å². The van der Waals surface area contributed by atoms with E-state index in [9.17, 15) is 14.4 Å². The van der Waals surface area contributed by atoms with Crippen molar-refractivity contribution in [2.24, 2.45) is 5.92 Å². The number of hydrogen-bond acceptors (Lipinski definition) is 5. The Bertz CT molecular complexity index is 1420. The average Bonchev–Trinajstić information content (AvgIpc) is 2.90. The number of fused-ring (bicyclic) bond motifs is 4. The lowest BCUT2D eigenvalue weighted by molar-refractivity contribution is 0.0594. The molecule has 2 atom stereocenters. The molecule has 0 unspecified atom stereocenters. The van der Waals surface area contributed by atoms with E-state index in [4.69, 9.17) is 5.26 Å². The number of benzene rings is 2. The van der Waals surface area contributed by atoms with Crippen LogP contribution in [0.5, 0.6) is 0 Å². The number of nitrogens with one attached hydrogen (secondary N) is 1. The van der Waals surface area contributed by atoms with Gasteiger partial charge in [-0.2, -0.15) is 5.26 Å². The van der Waals surface area contributed by atoms with Crippen molar-refractivity contribution >= 4 is 23.2 Å². The number of rotatable bonds is 4. The summed E-state index contributed by atoms with van der Waals surface area (Å²) in [5.41, 5.74) is 3.43. The van der Waals surface area contributed by atoms with Gasteiger partial charge in [0.05, 0.1) is 11.6 Å². The van der Waals surface area contributed by atoms with Crippen molar-refractivity contribution in [3.05, 3.63) is 93.4 Å². The molecule has 2 aromatic carbocycles. The maximum absolute atomic E-state index is 13.3. The number of carbonyl (C=O) groups excluding carboxylic acids is 2. The third-order valence-corrected chi connectivity index (χ3v) is 7.05. The predicted octanol–water partition coefficient (Wildman–Crippen LogP) is 3.30. The van der Waals surface area contributed by atoms with E-state index < -0.39 is 5.91 Å². The van der Waals surface area contributed by atoms with Gasteiger partial charge in [0.1, 0.15) is 5.69 Å². The normalized spacial score (nSPS) is 18.1. The topological polar surface area (TPSA) is 98.4 Å². The molecule has 2 amide bonds. The quantitative estimate of drug-likeness (QED) is 0.617. The van der Waals surface area contributed by atoms with E-state index in [2.05, 4.69) is 5.32 Å². The Morgan fingerprint density at radius 1 is 0.944 bits per heavy atom. The van der Waals surface area contributed by atoms with Gasteiger partial charge in [-0.1, -0.05) is 0 Å². The van der Waals surface area contributed by atoms with Crippen LogP contribution in [-0.2, 0) is 6.54 Å². The number of pyridine rings is 1. The average molecular weight is 482 g/mol. The van der Waals surface area contributed by atoms with Gasteiger partial charge in [0.25, 0.3) is 17.4 Å². The molecule has 5 rings (SSSR count). The third kappa shape index (κ3) is 4.36. The molecule has 2 aliphatic rings. The highest BCUT2D eigenvalue weighted by Gasteiger charge is 2.37. The predicted molar refractivity (Wildman–Crippen MR) is 137 cm³/mol.